The number of hydrogen-bond donors (Lipinski definition) is 1. The molecule has 6 heteroatoms. The van der Waals surface area contributed by atoms with E-state index in [1.165, 1.54) is 11.1 Å². The summed E-state index contributed by atoms with van der Waals surface area (Å²) in [5, 5.41) is 4.03. The molecule has 0 aromatic heterocycles. The predicted molar refractivity (Wildman–Crippen MR) is 107 cm³/mol. The number of ether oxygens (including phenoxy) is 2. The Kier molecular flexibility index (Phi) is 7.21. The number of carbonyl (C=O) groups is 1. The fraction of sp³-hybridized carbons (Fsp3) is 0.300. The van der Waals surface area contributed by atoms with Crippen molar-refractivity contribution in [3.63, 3.8) is 0 Å². The molecule has 5 nitrogen and oxygen atoms in total. The van der Waals surface area contributed by atoms with Crippen molar-refractivity contribution in [1.82, 2.24) is 5.43 Å². The van der Waals surface area contributed by atoms with E-state index in [1.54, 1.807) is 13.3 Å². The third-order valence-corrected chi connectivity index (χ3v) is 4.46. The van der Waals surface area contributed by atoms with Gasteiger partial charge in [0, 0.05) is 0 Å². The third kappa shape index (κ3) is 5.33. The van der Waals surface area contributed by atoms with Crippen LogP contribution in [0, 0.1) is 13.8 Å². The predicted octanol–water partition coefficient (Wildman–Crippen LogP) is 4.17. The number of benzene rings is 2. The molecule has 138 valence electrons. The molecule has 2 aromatic carbocycles. The molecule has 0 saturated carbocycles. The van der Waals surface area contributed by atoms with Crippen LogP contribution >= 0.6 is 15.9 Å². The standard InChI is InChI=1S/C20H23BrN2O3/c1-5-26-18-10-16(9-17(21)20(18)25-4)12-22-23-19(24)11-15-7-6-13(2)14(3)8-15/h6-10,12H,5,11H2,1-4H3,(H,23,24)/b22-12+. The monoisotopic (exact) mass is 418 g/mol. The Morgan fingerprint density at radius 1 is 1.23 bits per heavy atom. The number of hydrogen-bond acceptors (Lipinski definition) is 4. The minimum absolute atomic E-state index is 0.165. The number of carbonyl (C=O) groups excluding carboxylic acids is 1. The number of nitrogens with zero attached hydrogens (tertiary/aromatic N) is 1. The highest BCUT2D eigenvalue weighted by atomic mass is 79.9. The molecule has 0 spiro atoms. The lowest BCUT2D eigenvalue weighted by atomic mass is 10.0. The van der Waals surface area contributed by atoms with E-state index in [9.17, 15) is 4.79 Å². The lowest BCUT2D eigenvalue weighted by molar-refractivity contribution is -0.120. The van der Waals surface area contributed by atoms with Crippen molar-refractivity contribution in [2.45, 2.75) is 27.2 Å². The number of aryl methyl sites for hydroxylation is 2. The summed E-state index contributed by atoms with van der Waals surface area (Å²) in [6.45, 7) is 6.51. The van der Waals surface area contributed by atoms with Gasteiger partial charge >= 0.3 is 0 Å². The van der Waals surface area contributed by atoms with Crippen LogP contribution in [0.15, 0.2) is 39.9 Å². The van der Waals surface area contributed by atoms with Gasteiger partial charge in [-0.25, -0.2) is 5.43 Å². The topological polar surface area (TPSA) is 59.9 Å². The van der Waals surface area contributed by atoms with E-state index in [0.717, 1.165) is 15.6 Å². The molecule has 1 amide bonds. The van der Waals surface area contributed by atoms with Crippen molar-refractivity contribution in [1.29, 1.82) is 0 Å². The van der Waals surface area contributed by atoms with Crippen LogP contribution in [-0.2, 0) is 11.2 Å². The van der Waals surface area contributed by atoms with Crippen LogP contribution in [0.2, 0.25) is 0 Å². The molecule has 0 radical (unpaired) electrons. The van der Waals surface area contributed by atoms with Gasteiger partial charge in [0.15, 0.2) is 11.5 Å². The van der Waals surface area contributed by atoms with Gasteiger partial charge < -0.3 is 9.47 Å². The molecule has 0 bridgehead atoms. The summed E-state index contributed by atoms with van der Waals surface area (Å²) in [6.07, 6.45) is 1.86. The van der Waals surface area contributed by atoms with Crippen molar-refractivity contribution in [2.75, 3.05) is 13.7 Å². The Morgan fingerprint density at radius 2 is 2.00 bits per heavy atom. The fourth-order valence-corrected chi connectivity index (χ4v) is 3.06. The highest BCUT2D eigenvalue weighted by molar-refractivity contribution is 9.10. The SMILES string of the molecule is CCOc1cc(/C=N/NC(=O)Cc2ccc(C)c(C)c2)cc(Br)c1OC. The summed E-state index contributed by atoms with van der Waals surface area (Å²) >= 11 is 3.45. The Balaban J connectivity index is 2.03. The Morgan fingerprint density at radius 3 is 2.65 bits per heavy atom. The van der Waals surface area contributed by atoms with Gasteiger partial charge in [-0.1, -0.05) is 18.2 Å². The zero-order chi connectivity index (χ0) is 19.1. The molecule has 26 heavy (non-hydrogen) atoms. The number of nitrogens with one attached hydrogen (secondary N) is 1. The number of methoxy groups -OCH3 is 1. The minimum atomic E-state index is -0.165. The third-order valence-electron chi connectivity index (χ3n) is 3.87. The molecule has 0 unspecified atom stereocenters. The fourth-order valence-electron chi connectivity index (χ4n) is 2.44. The Bertz CT molecular complexity index is 819. The molecule has 0 fully saturated rings. The Labute approximate surface area is 162 Å². The maximum atomic E-state index is 12.1. The molecular weight excluding hydrogens is 396 g/mol. The van der Waals surface area contributed by atoms with Gasteiger partial charge in [-0.3, -0.25) is 4.79 Å². The smallest absolute Gasteiger partial charge is 0.244 e. The molecule has 0 saturated heterocycles. The molecule has 2 aromatic rings. The quantitative estimate of drug-likeness (QED) is 0.542. The molecule has 0 aliphatic heterocycles. The molecule has 0 heterocycles. The first kappa shape index (κ1) is 20.0. The van der Waals surface area contributed by atoms with Crippen molar-refractivity contribution in [3.8, 4) is 11.5 Å². The van der Waals surface area contributed by atoms with E-state index in [4.69, 9.17) is 9.47 Å². The lowest BCUT2D eigenvalue weighted by Gasteiger charge is -2.11. The summed E-state index contributed by atoms with van der Waals surface area (Å²) < 4.78 is 11.7. The van der Waals surface area contributed by atoms with E-state index < -0.39 is 0 Å². The number of halogens is 1. The molecule has 0 aliphatic rings. The summed E-state index contributed by atoms with van der Waals surface area (Å²) in [5.41, 5.74) is 6.69. The van der Waals surface area contributed by atoms with Crippen LogP contribution in [0.25, 0.3) is 0 Å². The summed E-state index contributed by atoms with van der Waals surface area (Å²) in [6, 6.07) is 9.66. The summed E-state index contributed by atoms with van der Waals surface area (Å²) in [4.78, 5) is 12.1. The average Bonchev–Trinajstić information content (AvgIpc) is 2.58. The van der Waals surface area contributed by atoms with Crippen LogP contribution in [0.4, 0.5) is 0 Å². The number of hydrazone groups is 1. The van der Waals surface area contributed by atoms with Gasteiger partial charge in [0.2, 0.25) is 5.91 Å². The van der Waals surface area contributed by atoms with E-state index >= 15 is 0 Å². The highest BCUT2D eigenvalue weighted by Crippen LogP contribution is 2.36. The first-order valence-electron chi connectivity index (χ1n) is 8.33. The summed E-state index contributed by atoms with van der Waals surface area (Å²) in [7, 11) is 1.59. The molecule has 2 rings (SSSR count). The van der Waals surface area contributed by atoms with Crippen LogP contribution in [0.1, 0.15) is 29.2 Å². The largest absolute Gasteiger partial charge is 0.492 e. The van der Waals surface area contributed by atoms with Gasteiger partial charge in [-0.15, -0.1) is 0 Å². The van der Waals surface area contributed by atoms with E-state index in [0.29, 0.717) is 18.1 Å². The minimum Gasteiger partial charge on any atom is -0.492 e. The lowest BCUT2D eigenvalue weighted by Crippen LogP contribution is -2.19. The van der Waals surface area contributed by atoms with Gasteiger partial charge in [-0.05, 0) is 71.1 Å². The van der Waals surface area contributed by atoms with E-state index in [2.05, 4.69) is 26.5 Å². The highest BCUT2D eigenvalue weighted by Gasteiger charge is 2.10. The maximum absolute atomic E-state index is 12.1. The van der Waals surface area contributed by atoms with E-state index in [1.807, 2.05) is 51.1 Å². The molecular formula is C20H23BrN2O3. The van der Waals surface area contributed by atoms with Crippen molar-refractivity contribution in [2.24, 2.45) is 5.10 Å². The first-order valence-corrected chi connectivity index (χ1v) is 9.12. The van der Waals surface area contributed by atoms with Gasteiger partial charge in [0.05, 0.1) is 30.8 Å². The van der Waals surface area contributed by atoms with Crippen LogP contribution in [-0.4, -0.2) is 25.8 Å². The van der Waals surface area contributed by atoms with Crippen LogP contribution in [0.3, 0.4) is 0 Å². The van der Waals surface area contributed by atoms with Gasteiger partial charge in [0.25, 0.3) is 0 Å². The van der Waals surface area contributed by atoms with Crippen molar-refractivity contribution in [3.05, 3.63) is 57.1 Å². The number of rotatable bonds is 7. The zero-order valence-electron chi connectivity index (χ0n) is 15.4. The second kappa shape index (κ2) is 9.38. The normalized spacial score (nSPS) is 10.8. The van der Waals surface area contributed by atoms with E-state index in [-0.39, 0.29) is 12.3 Å². The second-order valence-electron chi connectivity index (χ2n) is 5.86. The van der Waals surface area contributed by atoms with Crippen molar-refractivity contribution < 1.29 is 14.3 Å². The first-order chi connectivity index (χ1) is 12.4. The zero-order valence-corrected chi connectivity index (χ0v) is 17.0. The average molecular weight is 419 g/mol. The summed E-state index contributed by atoms with van der Waals surface area (Å²) in [5.74, 6) is 1.08. The number of amides is 1. The van der Waals surface area contributed by atoms with Gasteiger partial charge in [-0.2, -0.15) is 5.10 Å². The molecule has 0 aliphatic carbocycles. The van der Waals surface area contributed by atoms with Crippen molar-refractivity contribution >= 4 is 28.1 Å². The van der Waals surface area contributed by atoms with Crippen LogP contribution in [0.5, 0.6) is 11.5 Å². The van der Waals surface area contributed by atoms with Crippen LogP contribution < -0.4 is 14.9 Å². The van der Waals surface area contributed by atoms with Gasteiger partial charge in [0.1, 0.15) is 0 Å². The molecule has 0 atom stereocenters. The molecule has 1 N–H and O–H groups in total. The Hall–Kier alpha value is -2.34. The second-order valence-corrected chi connectivity index (χ2v) is 6.71. The maximum Gasteiger partial charge on any atom is 0.244 e.